The summed E-state index contributed by atoms with van der Waals surface area (Å²) >= 11 is -1.76. The number of amides is 3. The number of aliphatic hydroxyl groups excluding tert-OH is 2. The minimum absolute atomic E-state index is 0.0136. The van der Waals surface area contributed by atoms with Gasteiger partial charge in [0.05, 0.1) is 66.0 Å². The van der Waals surface area contributed by atoms with Crippen LogP contribution in [0, 0.1) is 16.7 Å². The van der Waals surface area contributed by atoms with Gasteiger partial charge in [-0.1, -0.05) is 76.2 Å². The Morgan fingerprint density at radius 2 is 1.51 bits per heavy atom. The molecule has 4 fully saturated rings. The second-order valence-electron chi connectivity index (χ2n) is 27.7. The number of benzene rings is 4. The van der Waals surface area contributed by atoms with Crippen LogP contribution in [0.15, 0.2) is 113 Å². The number of Topliss-reactive ketones (excluding diaryl/α,β-unsaturated/α-hetero) is 1. The molecule has 2 saturated carbocycles. The highest BCUT2D eigenvalue weighted by molar-refractivity contribution is 7.89. The molecule has 2 bridgehead atoms. The van der Waals surface area contributed by atoms with Gasteiger partial charge in [0.25, 0.3) is 5.91 Å². The van der Waals surface area contributed by atoms with E-state index in [1.165, 1.54) is 67.5 Å². The third-order valence-electron chi connectivity index (χ3n) is 19.7. The SMILES string of the molecule is CCNC(=O)c1nnc(-c2cc(C(C)C)c(O)cc2O)n1-c1ccc([S+]([O-])N2CCN(C(=O)CCC(=O)O[C@@H](C(=O)O[C@H]3C[C@@]4(O)[C@@H](OC(=O)c5ccccc5)C5[C@](C)(C(=O)[C@H](O)C(=C3C)C4(C)C)[C@@H](O)C[C@H]3OC[C@@]53OC(C)=O)[C@@H](NC(=O)OC(C)(C)C)c3ccccc3)CC2)cc1. The number of aromatic nitrogens is 3. The first kappa shape index (κ1) is 73.0. The van der Waals surface area contributed by atoms with Crippen molar-refractivity contribution in [2.45, 2.75) is 172 Å². The molecule has 2 unspecified atom stereocenters. The molecule has 1 aromatic heterocycles. The van der Waals surface area contributed by atoms with Crippen molar-refractivity contribution < 1.29 is 96.9 Å². The highest BCUT2D eigenvalue weighted by Crippen LogP contribution is 2.64. The van der Waals surface area contributed by atoms with E-state index in [-0.39, 0.29) is 103 Å². The fraction of sp³-hybridized carbons (Fsp3) is 0.493. The number of ether oxygens (including phenoxy) is 6. The number of carbonyl (C=O) groups is 8. The van der Waals surface area contributed by atoms with Crippen LogP contribution in [0.1, 0.15) is 146 Å². The molecule has 27 nitrogen and oxygen atoms in total. The van der Waals surface area contributed by atoms with E-state index in [2.05, 4.69) is 20.8 Å². The lowest BCUT2D eigenvalue weighted by Gasteiger charge is -2.67. The number of piperazine rings is 1. The number of phenolic OH excluding ortho intramolecular Hbond substituents is 2. The van der Waals surface area contributed by atoms with Gasteiger partial charge in [-0.25, -0.2) is 14.4 Å². The second-order valence-corrected chi connectivity index (χ2v) is 29.2. The van der Waals surface area contributed by atoms with Crippen LogP contribution in [-0.2, 0) is 63.8 Å². The van der Waals surface area contributed by atoms with Gasteiger partial charge in [-0.2, -0.15) is 0 Å². The molecule has 28 heteroatoms. The monoisotopic (exact) mass is 1390 g/mol. The van der Waals surface area contributed by atoms with E-state index in [0.717, 1.165) is 6.92 Å². The molecule has 2 saturated heterocycles. The van der Waals surface area contributed by atoms with Crippen molar-refractivity contribution >= 4 is 58.9 Å². The number of nitrogens with zero attached hydrogens (tertiary/aromatic N) is 5. The van der Waals surface area contributed by atoms with Crippen LogP contribution in [-0.4, -0.2) is 194 Å². The van der Waals surface area contributed by atoms with E-state index in [4.69, 9.17) is 28.4 Å². The molecule has 99 heavy (non-hydrogen) atoms. The van der Waals surface area contributed by atoms with Gasteiger partial charge in [0.1, 0.15) is 53.2 Å². The molecule has 3 heterocycles. The van der Waals surface area contributed by atoms with Crippen LogP contribution in [0.4, 0.5) is 4.79 Å². The van der Waals surface area contributed by atoms with Crippen molar-refractivity contribution in [1.82, 2.24) is 34.6 Å². The minimum Gasteiger partial charge on any atom is -0.593 e. The fourth-order valence-electron chi connectivity index (χ4n) is 14.5. The van der Waals surface area contributed by atoms with Gasteiger partial charge >= 0.3 is 30.0 Å². The van der Waals surface area contributed by atoms with Crippen molar-refractivity contribution in [2.24, 2.45) is 16.7 Å². The number of fused-ring (bicyclic) bond motifs is 5. The van der Waals surface area contributed by atoms with E-state index in [9.17, 15) is 58.9 Å². The number of hydrogen-bond donors (Lipinski definition) is 7. The average molecular weight is 1390 g/mol. The predicted molar refractivity (Wildman–Crippen MR) is 353 cm³/mol. The Kier molecular flexibility index (Phi) is 21.0. The lowest BCUT2D eigenvalue weighted by atomic mass is 9.44. The normalized spacial score (nSPS) is 26.0. The number of hydrogen-bond acceptors (Lipinski definition) is 23. The molecule has 2 aliphatic heterocycles. The summed E-state index contributed by atoms with van der Waals surface area (Å²) in [5.74, 6) is -8.47. The van der Waals surface area contributed by atoms with Crippen molar-refractivity contribution in [3.05, 3.63) is 131 Å². The third-order valence-corrected chi connectivity index (χ3v) is 21.2. The zero-order chi connectivity index (χ0) is 72.0. The predicted octanol–water partition coefficient (Wildman–Crippen LogP) is 5.99. The van der Waals surface area contributed by atoms with Crippen molar-refractivity contribution in [1.29, 1.82) is 0 Å². The number of carbonyl (C=O) groups excluding carboxylic acids is 8. The van der Waals surface area contributed by atoms with Gasteiger partial charge in [-0.05, 0) is 112 Å². The van der Waals surface area contributed by atoms with Crippen LogP contribution < -0.4 is 10.6 Å². The second kappa shape index (κ2) is 28.5. The summed E-state index contributed by atoms with van der Waals surface area (Å²) in [7, 11) is 0. The zero-order valence-corrected chi connectivity index (χ0v) is 57.8. The van der Waals surface area contributed by atoms with Crippen LogP contribution in [0.3, 0.4) is 0 Å². The Morgan fingerprint density at radius 1 is 0.859 bits per heavy atom. The lowest BCUT2D eigenvalue weighted by molar-refractivity contribution is -0.346. The largest absolute Gasteiger partial charge is 0.593 e. The Bertz CT molecular complexity index is 3950. The number of aliphatic hydroxyl groups is 3. The number of alkyl carbamates (subject to hydrolysis) is 1. The maximum atomic E-state index is 15.5. The molecule has 12 atom stereocenters. The topological polar surface area (TPSA) is 377 Å². The van der Waals surface area contributed by atoms with Crippen molar-refractivity contribution in [3.63, 3.8) is 0 Å². The standard InChI is InChI=1S/C71H85N7O20S/c1-12-72-63(87)62-75-74-61(46-33-45(38(2)3)47(80)34-48(46)81)78(62)43-23-25-44(26-24-43)99(92)77-31-29-76(30-32-77)52(83)27-28-53(84)95-57(55(41-19-15-13-16-20-41)73-66(90)98-67(6,7)8)65(89)94-49-36-71(91)60(96-64(88)42-21-17-14-18-22-42)58-69(11,59(86)56(85)54(39(49)4)68(71,9)10)50(82)35-51-70(58,37-93-51)97-40(5)79/h13-26,33-34,38,49-51,55-58,60,80-82,85,91H,12,27-32,35-37H2,1-11H3,(H,72,87)(H,73,90)/t49-,50-,51+,55-,56+,57+,58?,60-,69+,70-,71+,99?/m0/s1. The highest BCUT2D eigenvalue weighted by atomic mass is 32.2. The summed E-state index contributed by atoms with van der Waals surface area (Å²) in [4.78, 5) is 116. The average Bonchev–Trinajstić information content (AvgIpc) is 0.801. The molecule has 530 valence electrons. The van der Waals surface area contributed by atoms with Crippen LogP contribution in [0.5, 0.6) is 11.5 Å². The first-order valence-corrected chi connectivity index (χ1v) is 34.0. The summed E-state index contributed by atoms with van der Waals surface area (Å²) in [6, 6.07) is 23.3. The number of ketones is 1. The summed E-state index contributed by atoms with van der Waals surface area (Å²) in [5.41, 5.74) is -8.13. The van der Waals surface area contributed by atoms with Gasteiger partial charge in [0.2, 0.25) is 17.8 Å². The molecular formula is C71H85N7O20S. The van der Waals surface area contributed by atoms with Crippen LogP contribution >= 0.6 is 0 Å². The summed E-state index contributed by atoms with van der Waals surface area (Å²) in [6.45, 7) is 17.6. The van der Waals surface area contributed by atoms with Gasteiger partial charge in [0.15, 0.2) is 22.1 Å². The molecule has 0 radical (unpaired) electrons. The number of esters is 4. The maximum absolute atomic E-state index is 15.5. The number of phenols is 2. The van der Waals surface area contributed by atoms with Gasteiger partial charge < -0.3 is 74.0 Å². The van der Waals surface area contributed by atoms with Crippen molar-refractivity contribution in [2.75, 3.05) is 39.3 Å². The summed E-state index contributed by atoms with van der Waals surface area (Å²) in [5, 5.41) is 74.1. The molecule has 10 rings (SSSR count). The maximum Gasteiger partial charge on any atom is 0.408 e. The summed E-state index contributed by atoms with van der Waals surface area (Å²) < 4.78 is 53.8. The molecule has 4 aromatic carbocycles. The Hall–Kier alpha value is -8.77. The quantitative estimate of drug-likeness (QED) is 0.0216. The number of nitrogens with one attached hydrogen (secondary N) is 2. The lowest BCUT2D eigenvalue weighted by Crippen LogP contribution is -2.81. The highest BCUT2D eigenvalue weighted by Gasteiger charge is 2.78. The summed E-state index contributed by atoms with van der Waals surface area (Å²) in [6.07, 6.45) is -13.6. The first-order chi connectivity index (χ1) is 46.7. The Morgan fingerprint density at radius 3 is 2.10 bits per heavy atom. The van der Waals surface area contributed by atoms with E-state index < -0.39 is 154 Å². The van der Waals surface area contributed by atoms with Crippen molar-refractivity contribution in [3.8, 4) is 28.6 Å². The van der Waals surface area contributed by atoms with E-state index in [0.29, 0.717) is 16.1 Å². The molecule has 7 N–H and O–H groups in total. The Labute approximate surface area is 575 Å². The fourth-order valence-corrected chi connectivity index (χ4v) is 15.7. The van der Waals surface area contributed by atoms with Gasteiger partial charge in [-0.15, -0.1) is 14.5 Å². The van der Waals surface area contributed by atoms with Gasteiger partial charge in [-0.3, -0.25) is 28.5 Å². The third kappa shape index (κ3) is 14.0. The van der Waals surface area contributed by atoms with Crippen LogP contribution in [0.25, 0.3) is 17.1 Å². The first-order valence-electron chi connectivity index (χ1n) is 32.9. The smallest absolute Gasteiger partial charge is 0.408 e. The molecule has 3 amide bonds. The minimum atomic E-state index is -2.52. The number of rotatable bonds is 19. The van der Waals surface area contributed by atoms with Gasteiger partial charge in [0, 0.05) is 63.0 Å². The Balaban J connectivity index is 0.900. The number of aromatic hydroxyl groups is 2. The van der Waals surface area contributed by atoms with Crippen LogP contribution in [0.2, 0.25) is 0 Å². The van der Waals surface area contributed by atoms with E-state index in [1.807, 2.05) is 13.8 Å². The molecule has 5 aliphatic rings. The van der Waals surface area contributed by atoms with E-state index in [1.54, 1.807) is 98.7 Å². The molecular weight excluding hydrogens is 1300 g/mol. The van der Waals surface area contributed by atoms with E-state index >= 15 is 9.59 Å². The molecule has 3 aliphatic carbocycles. The zero-order valence-electron chi connectivity index (χ0n) is 57.0. The molecule has 5 aromatic rings. The molecule has 0 spiro atoms.